The van der Waals surface area contributed by atoms with E-state index in [2.05, 4.69) is 4.99 Å². The molecule has 0 aromatic heterocycles. The van der Waals surface area contributed by atoms with Crippen molar-refractivity contribution in [1.29, 1.82) is 0 Å². The van der Waals surface area contributed by atoms with Gasteiger partial charge >= 0.3 is 5.97 Å². The molecule has 0 N–H and O–H groups in total. The van der Waals surface area contributed by atoms with Crippen molar-refractivity contribution in [1.82, 2.24) is 0 Å². The Morgan fingerprint density at radius 3 is 2.43 bits per heavy atom. The van der Waals surface area contributed by atoms with Crippen LogP contribution in [-0.4, -0.2) is 37.5 Å². The first-order valence-electron chi connectivity index (χ1n) is 9.01. The van der Waals surface area contributed by atoms with E-state index < -0.39 is 11.9 Å². The van der Waals surface area contributed by atoms with Gasteiger partial charge < -0.3 is 9.64 Å². The van der Waals surface area contributed by atoms with Crippen molar-refractivity contribution >= 4 is 46.0 Å². The van der Waals surface area contributed by atoms with Gasteiger partial charge in [-0.05, 0) is 42.8 Å². The molecule has 6 heteroatoms. The molecule has 1 heterocycles. The lowest BCUT2D eigenvalue weighted by atomic mass is 10.0. The molecule has 3 rings (SSSR count). The number of rotatable bonds is 5. The first-order chi connectivity index (χ1) is 13.5. The highest BCUT2D eigenvalue weighted by Gasteiger charge is 2.42. The van der Waals surface area contributed by atoms with E-state index in [9.17, 15) is 9.59 Å². The predicted molar refractivity (Wildman–Crippen MR) is 115 cm³/mol. The standard InChI is InChI=1S/C22H22N2O3S/c1-4-27-22(26)19-20(25)18(14-15-10-12-17(13-11-15)24(2)3)28-21(19)23-16-8-6-5-7-9-16/h5-14,19H,4H2,1-3H3/b18-14-,23-21?. The zero-order valence-corrected chi connectivity index (χ0v) is 16.9. The number of carbonyl (C=O) groups excluding carboxylic acids is 2. The van der Waals surface area contributed by atoms with Gasteiger partial charge in [-0.1, -0.05) is 42.1 Å². The number of Topliss-reactive ketones (excluding diaryl/α,β-unsaturated/α-hetero) is 1. The van der Waals surface area contributed by atoms with Crippen molar-refractivity contribution in [3.63, 3.8) is 0 Å². The maximum absolute atomic E-state index is 12.9. The molecule has 5 nitrogen and oxygen atoms in total. The summed E-state index contributed by atoms with van der Waals surface area (Å²) in [5, 5.41) is 0.450. The fourth-order valence-electron chi connectivity index (χ4n) is 2.75. The van der Waals surface area contributed by atoms with Crippen LogP contribution in [0.4, 0.5) is 11.4 Å². The number of carbonyl (C=O) groups is 2. The van der Waals surface area contributed by atoms with Gasteiger partial charge in [0.05, 0.1) is 17.2 Å². The van der Waals surface area contributed by atoms with E-state index in [4.69, 9.17) is 4.74 Å². The summed E-state index contributed by atoms with van der Waals surface area (Å²) >= 11 is 1.23. The molecule has 2 aromatic carbocycles. The number of para-hydroxylation sites is 1. The van der Waals surface area contributed by atoms with E-state index in [-0.39, 0.29) is 12.4 Å². The van der Waals surface area contributed by atoms with Gasteiger partial charge in [-0.15, -0.1) is 0 Å². The van der Waals surface area contributed by atoms with Gasteiger partial charge in [-0.3, -0.25) is 9.59 Å². The molecule has 1 aliphatic heterocycles. The molecule has 1 aliphatic rings. The molecular weight excluding hydrogens is 372 g/mol. The van der Waals surface area contributed by atoms with Crippen LogP contribution in [0.3, 0.4) is 0 Å². The van der Waals surface area contributed by atoms with Crippen molar-refractivity contribution in [3.8, 4) is 0 Å². The monoisotopic (exact) mass is 394 g/mol. The van der Waals surface area contributed by atoms with E-state index in [0.717, 1.165) is 11.3 Å². The van der Waals surface area contributed by atoms with Crippen molar-refractivity contribution in [2.45, 2.75) is 6.92 Å². The molecule has 0 aliphatic carbocycles. The van der Waals surface area contributed by atoms with Gasteiger partial charge in [-0.25, -0.2) is 4.99 Å². The summed E-state index contributed by atoms with van der Waals surface area (Å²) in [5.41, 5.74) is 2.66. The van der Waals surface area contributed by atoms with Crippen LogP contribution in [0.2, 0.25) is 0 Å². The number of ketones is 1. The number of anilines is 1. The third-order valence-electron chi connectivity index (χ3n) is 4.19. The van der Waals surface area contributed by atoms with Gasteiger partial charge in [0.15, 0.2) is 11.7 Å². The SMILES string of the molecule is CCOC(=O)C1C(=O)/C(=C/c2ccc(N(C)C)cc2)SC1=Nc1ccccc1. The zero-order chi connectivity index (χ0) is 20.1. The van der Waals surface area contributed by atoms with Gasteiger partial charge in [0.1, 0.15) is 5.04 Å². The third-order valence-corrected chi connectivity index (χ3v) is 5.27. The van der Waals surface area contributed by atoms with Crippen LogP contribution in [0.5, 0.6) is 0 Å². The van der Waals surface area contributed by atoms with Crippen LogP contribution in [0, 0.1) is 5.92 Å². The predicted octanol–water partition coefficient (Wildman–Crippen LogP) is 4.32. The molecule has 0 spiro atoms. The molecule has 0 bridgehead atoms. The molecule has 2 aromatic rings. The first kappa shape index (κ1) is 19.9. The van der Waals surface area contributed by atoms with E-state index in [1.807, 2.05) is 73.6 Å². The fraction of sp³-hybridized carbons (Fsp3) is 0.227. The van der Waals surface area contributed by atoms with E-state index in [1.165, 1.54) is 11.8 Å². The van der Waals surface area contributed by atoms with Crippen LogP contribution in [0.15, 0.2) is 64.5 Å². The number of hydrogen-bond donors (Lipinski definition) is 0. The van der Waals surface area contributed by atoms with Gasteiger partial charge in [0, 0.05) is 19.8 Å². The number of allylic oxidation sites excluding steroid dienone is 1. The lowest BCUT2D eigenvalue weighted by Gasteiger charge is -2.11. The average molecular weight is 394 g/mol. The second-order valence-corrected chi connectivity index (χ2v) is 7.49. The minimum Gasteiger partial charge on any atom is -0.465 e. The number of benzene rings is 2. The summed E-state index contributed by atoms with van der Waals surface area (Å²) in [4.78, 5) is 32.4. The highest BCUT2D eigenvalue weighted by atomic mass is 32.2. The second kappa shape index (κ2) is 8.89. The number of nitrogens with zero attached hydrogens (tertiary/aromatic N) is 2. The summed E-state index contributed by atoms with van der Waals surface area (Å²) in [7, 11) is 3.94. The molecule has 144 valence electrons. The Labute approximate surface area is 169 Å². The number of ether oxygens (including phenoxy) is 1. The summed E-state index contributed by atoms with van der Waals surface area (Å²) in [6, 6.07) is 17.2. The fourth-order valence-corrected chi connectivity index (χ4v) is 3.86. The van der Waals surface area contributed by atoms with E-state index in [0.29, 0.717) is 15.6 Å². The minimum atomic E-state index is -1.00. The molecule has 1 fully saturated rings. The van der Waals surface area contributed by atoms with Crippen molar-refractivity contribution in [2.75, 3.05) is 25.6 Å². The molecule has 28 heavy (non-hydrogen) atoms. The minimum absolute atomic E-state index is 0.219. The van der Waals surface area contributed by atoms with Crippen LogP contribution in [-0.2, 0) is 14.3 Å². The summed E-state index contributed by atoms with van der Waals surface area (Å²) in [6.45, 7) is 1.94. The maximum atomic E-state index is 12.9. The Kier molecular flexibility index (Phi) is 6.31. The maximum Gasteiger partial charge on any atom is 0.323 e. The largest absolute Gasteiger partial charge is 0.465 e. The molecule has 1 unspecified atom stereocenters. The first-order valence-corrected chi connectivity index (χ1v) is 9.82. The van der Waals surface area contributed by atoms with Crippen LogP contribution < -0.4 is 4.90 Å². The Bertz CT molecular complexity index is 919. The Morgan fingerprint density at radius 1 is 1.14 bits per heavy atom. The van der Waals surface area contributed by atoms with Crippen molar-refractivity contribution in [3.05, 3.63) is 65.1 Å². The number of hydrogen-bond acceptors (Lipinski definition) is 6. The van der Waals surface area contributed by atoms with Crippen molar-refractivity contribution in [2.24, 2.45) is 10.9 Å². The second-order valence-electron chi connectivity index (χ2n) is 6.43. The number of thioether (sulfide) groups is 1. The van der Waals surface area contributed by atoms with Gasteiger partial charge in [0.25, 0.3) is 0 Å². The van der Waals surface area contributed by atoms with Crippen LogP contribution in [0.1, 0.15) is 12.5 Å². The highest BCUT2D eigenvalue weighted by molar-refractivity contribution is 8.19. The van der Waals surface area contributed by atoms with Crippen LogP contribution >= 0.6 is 11.8 Å². The Morgan fingerprint density at radius 2 is 1.82 bits per heavy atom. The molecule has 0 amide bonds. The van der Waals surface area contributed by atoms with Gasteiger partial charge in [-0.2, -0.15) is 0 Å². The molecule has 1 atom stereocenters. The Balaban J connectivity index is 1.94. The normalized spacial score (nSPS) is 19.2. The number of aliphatic imine (C=N–C) groups is 1. The molecule has 0 saturated carbocycles. The Hall–Kier alpha value is -2.86. The summed E-state index contributed by atoms with van der Waals surface area (Å²) < 4.78 is 5.12. The smallest absolute Gasteiger partial charge is 0.323 e. The zero-order valence-electron chi connectivity index (χ0n) is 16.1. The molecular formula is C22H22N2O3S. The molecule has 1 saturated heterocycles. The highest BCUT2D eigenvalue weighted by Crippen LogP contribution is 2.38. The average Bonchev–Trinajstić information content (AvgIpc) is 2.98. The topological polar surface area (TPSA) is 59.0 Å². The third kappa shape index (κ3) is 4.51. The van der Waals surface area contributed by atoms with Crippen LogP contribution in [0.25, 0.3) is 6.08 Å². The summed E-state index contributed by atoms with van der Waals surface area (Å²) in [6.07, 6.45) is 1.80. The van der Waals surface area contributed by atoms with Gasteiger partial charge in [0.2, 0.25) is 0 Å². The van der Waals surface area contributed by atoms with E-state index in [1.54, 1.807) is 13.0 Å². The quantitative estimate of drug-likeness (QED) is 0.429. The lowest BCUT2D eigenvalue weighted by Crippen LogP contribution is -2.27. The van der Waals surface area contributed by atoms with Crippen molar-refractivity contribution < 1.29 is 14.3 Å². The molecule has 0 radical (unpaired) electrons. The number of esters is 1. The summed E-state index contributed by atoms with van der Waals surface area (Å²) in [5.74, 6) is -1.83. The van der Waals surface area contributed by atoms with E-state index >= 15 is 0 Å². The lowest BCUT2D eigenvalue weighted by molar-refractivity contribution is -0.147.